The summed E-state index contributed by atoms with van der Waals surface area (Å²) in [4.78, 5) is 0. The van der Waals surface area contributed by atoms with Crippen LogP contribution in [-0.4, -0.2) is 14.4 Å². The molecule has 0 aromatic rings. The van der Waals surface area contributed by atoms with Gasteiger partial charge >= 0.3 is 0 Å². The van der Waals surface area contributed by atoms with Crippen LogP contribution in [0.1, 0.15) is 33.6 Å². The molecule has 0 saturated heterocycles. The number of hydrogen-bond donors (Lipinski definition) is 0. The van der Waals surface area contributed by atoms with Gasteiger partial charge in [-0.05, 0) is 31.0 Å². The third-order valence-corrected chi connectivity index (χ3v) is 7.67. The molecule has 0 aliphatic heterocycles. The number of hydrogen-bond acceptors (Lipinski definition) is 1. The molecule has 0 spiro atoms. The lowest BCUT2D eigenvalue weighted by Crippen LogP contribution is -2.43. The van der Waals surface area contributed by atoms with E-state index in [1.807, 2.05) is 12.2 Å². The summed E-state index contributed by atoms with van der Waals surface area (Å²) in [6, 6.07) is 0. The fourth-order valence-corrected chi connectivity index (χ4v) is 2.39. The maximum atomic E-state index is 6.23. The van der Waals surface area contributed by atoms with Crippen LogP contribution in [0.15, 0.2) is 25.3 Å². The second-order valence-corrected chi connectivity index (χ2v) is 10.3. The Hall–Kier alpha value is -0.343. The van der Waals surface area contributed by atoms with Crippen molar-refractivity contribution in [3.63, 3.8) is 0 Å². The first-order valence-electron chi connectivity index (χ1n) is 5.66. The summed E-state index contributed by atoms with van der Waals surface area (Å²) >= 11 is 0. The highest BCUT2D eigenvalue weighted by Gasteiger charge is 2.38. The first-order chi connectivity index (χ1) is 6.74. The highest BCUT2D eigenvalue weighted by atomic mass is 28.4. The molecule has 1 nitrogen and oxygen atoms in total. The molecule has 0 aliphatic rings. The van der Waals surface area contributed by atoms with Crippen molar-refractivity contribution in [2.24, 2.45) is 0 Å². The highest BCUT2D eigenvalue weighted by molar-refractivity contribution is 6.74. The van der Waals surface area contributed by atoms with Crippen molar-refractivity contribution in [3.8, 4) is 0 Å². The number of rotatable bonds is 6. The van der Waals surface area contributed by atoms with Crippen molar-refractivity contribution >= 4 is 8.32 Å². The molecule has 0 heterocycles. The van der Waals surface area contributed by atoms with Gasteiger partial charge in [0.1, 0.15) is 0 Å². The average molecular weight is 226 g/mol. The van der Waals surface area contributed by atoms with Crippen LogP contribution >= 0.6 is 0 Å². The minimum Gasteiger partial charge on any atom is -0.411 e. The molecule has 0 amide bonds. The van der Waals surface area contributed by atoms with E-state index < -0.39 is 8.32 Å². The summed E-state index contributed by atoms with van der Waals surface area (Å²) in [6.07, 6.45) is 6.03. The van der Waals surface area contributed by atoms with Crippen LogP contribution in [0.5, 0.6) is 0 Å². The molecule has 0 radical (unpaired) electrons. The van der Waals surface area contributed by atoms with Gasteiger partial charge in [0.15, 0.2) is 8.32 Å². The Balaban J connectivity index is 4.39. The van der Waals surface area contributed by atoms with Crippen molar-refractivity contribution in [1.82, 2.24) is 0 Å². The molecular formula is C13H26OSi. The lowest BCUT2D eigenvalue weighted by atomic mass is 10.2. The molecule has 0 aromatic carbocycles. The molecule has 0 rings (SSSR count). The minimum absolute atomic E-state index is 0.184. The van der Waals surface area contributed by atoms with Crippen LogP contribution in [-0.2, 0) is 4.43 Å². The zero-order valence-corrected chi connectivity index (χ0v) is 12.0. The second-order valence-electron chi connectivity index (χ2n) is 5.52. The van der Waals surface area contributed by atoms with Crippen LogP contribution in [0, 0.1) is 0 Å². The summed E-state index contributed by atoms with van der Waals surface area (Å²) in [5.41, 5.74) is 0. The van der Waals surface area contributed by atoms with Gasteiger partial charge in [0, 0.05) is 0 Å². The van der Waals surface area contributed by atoms with Gasteiger partial charge in [-0.2, -0.15) is 0 Å². The third-order valence-electron chi connectivity index (χ3n) is 3.17. The normalized spacial score (nSPS) is 14.7. The molecule has 2 heteroatoms. The van der Waals surface area contributed by atoms with Crippen molar-refractivity contribution in [2.75, 3.05) is 0 Å². The van der Waals surface area contributed by atoms with E-state index in [1.54, 1.807) is 0 Å². The first kappa shape index (κ1) is 14.7. The molecule has 0 N–H and O–H groups in total. The second kappa shape index (κ2) is 5.66. The van der Waals surface area contributed by atoms with Crippen molar-refractivity contribution in [2.45, 2.75) is 57.8 Å². The van der Waals surface area contributed by atoms with E-state index in [0.717, 1.165) is 12.8 Å². The van der Waals surface area contributed by atoms with Crippen molar-refractivity contribution in [1.29, 1.82) is 0 Å². The molecule has 1 unspecified atom stereocenters. The van der Waals surface area contributed by atoms with Gasteiger partial charge in [-0.25, -0.2) is 0 Å². The van der Waals surface area contributed by atoms with E-state index in [1.165, 1.54) is 0 Å². The van der Waals surface area contributed by atoms with Gasteiger partial charge < -0.3 is 4.43 Å². The van der Waals surface area contributed by atoms with Gasteiger partial charge in [-0.3, -0.25) is 0 Å². The Morgan fingerprint density at radius 2 is 1.80 bits per heavy atom. The van der Waals surface area contributed by atoms with Crippen LogP contribution in [0.25, 0.3) is 0 Å². The van der Waals surface area contributed by atoms with Crippen LogP contribution in [0.4, 0.5) is 0 Å². The molecular weight excluding hydrogens is 200 g/mol. The van der Waals surface area contributed by atoms with E-state index in [2.05, 4.69) is 47.0 Å². The highest BCUT2D eigenvalue weighted by Crippen LogP contribution is 2.37. The molecule has 0 fully saturated rings. The molecule has 0 saturated carbocycles. The topological polar surface area (TPSA) is 9.23 Å². The summed E-state index contributed by atoms with van der Waals surface area (Å²) < 4.78 is 6.23. The molecule has 0 aliphatic carbocycles. The average Bonchev–Trinajstić information content (AvgIpc) is 2.10. The Bertz CT molecular complexity index is 213. The van der Waals surface area contributed by atoms with Crippen molar-refractivity contribution < 1.29 is 4.43 Å². The zero-order valence-electron chi connectivity index (χ0n) is 11.0. The van der Waals surface area contributed by atoms with Gasteiger partial charge in [0.05, 0.1) is 6.10 Å². The fraction of sp³-hybridized carbons (Fsp3) is 0.692. The molecule has 0 aromatic heterocycles. The van der Waals surface area contributed by atoms with Crippen molar-refractivity contribution in [3.05, 3.63) is 25.3 Å². The maximum Gasteiger partial charge on any atom is 0.192 e. The molecule has 0 bridgehead atoms. The summed E-state index contributed by atoms with van der Waals surface area (Å²) in [6.45, 7) is 18.9. The first-order valence-corrected chi connectivity index (χ1v) is 8.56. The zero-order chi connectivity index (χ0) is 12.1. The van der Waals surface area contributed by atoms with Gasteiger partial charge in [-0.15, -0.1) is 13.2 Å². The Labute approximate surface area is 96.4 Å². The quantitative estimate of drug-likeness (QED) is 0.477. The Morgan fingerprint density at radius 3 is 2.13 bits per heavy atom. The predicted molar refractivity (Wildman–Crippen MR) is 71.7 cm³/mol. The SMILES string of the molecule is C=CCCC(C=C)O[Si](C)(C)C(C)(C)C. The lowest BCUT2D eigenvalue weighted by molar-refractivity contribution is 0.216. The van der Waals surface area contributed by atoms with Crippen LogP contribution in [0.2, 0.25) is 18.1 Å². The maximum absolute atomic E-state index is 6.23. The minimum atomic E-state index is -1.64. The summed E-state index contributed by atoms with van der Waals surface area (Å²) in [5, 5.41) is 0.266. The standard InChI is InChI=1S/C13H26OSi/c1-8-10-11-12(9-2)14-15(6,7)13(3,4)5/h8-9,12H,1-2,10-11H2,3-7H3. The van der Waals surface area contributed by atoms with Gasteiger partial charge in [0.25, 0.3) is 0 Å². The van der Waals surface area contributed by atoms with E-state index in [-0.39, 0.29) is 11.1 Å². The fourth-order valence-electron chi connectivity index (χ4n) is 1.06. The lowest BCUT2D eigenvalue weighted by Gasteiger charge is -2.38. The Morgan fingerprint density at radius 1 is 1.27 bits per heavy atom. The van der Waals surface area contributed by atoms with E-state index >= 15 is 0 Å². The van der Waals surface area contributed by atoms with E-state index in [0.29, 0.717) is 0 Å². The predicted octanol–water partition coefficient (Wildman–Crippen LogP) is 4.53. The van der Waals surface area contributed by atoms with Crippen LogP contribution in [0.3, 0.4) is 0 Å². The largest absolute Gasteiger partial charge is 0.411 e. The monoisotopic (exact) mass is 226 g/mol. The molecule has 15 heavy (non-hydrogen) atoms. The molecule has 1 atom stereocenters. The number of allylic oxidation sites excluding steroid dienone is 1. The molecule has 88 valence electrons. The van der Waals surface area contributed by atoms with Gasteiger partial charge in [-0.1, -0.05) is 32.9 Å². The van der Waals surface area contributed by atoms with Gasteiger partial charge in [0.2, 0.25) is 0 Å². The third kappa shape index (κ3) is 4.80. The smallest absolute Gasteiger partial charge is 0.192 e. The summed E-state index contributed by atoms with van der Waals surface area (Å²) in [5.74, 6) is 0. The van der Waals surface area contributed by atoms with Crippen LogP contribution < -0.4 is 0 Å². The Kier molecular flexibility index (Phi) is 5.53. The van der Waals surface area contributed by atoms with E-state index in [4.69, 9.17) is 4.43 Å². The summed E-state index contributed by atoms with van der Waals surface area (Å²) in [7, 11) is -1.64. The van der Waals surface area contributed by atoms with E-state index in [9.17, 15) is 0 Å².